The molecule has 0 aliphatic rings. The molecule has 2 N–H and O–H groups in total. The molecule has 106 valence electrons. The highest BCUT2D eigenvalue weighted by Crippen LogP contribution is 2.22. The van der Waals surface area contributed by atoms with Crippen LogP contribution in [0.1, 0.15) is 38.1 Å². The fraction of sp³-hybridized carbons (Fsp3) is 0.400. The number of nitrogens with one attached hydrogen (secondary N) is 2. The molecule has 0 unspecified atom stereocenters. The molecule has 0 aliphatic carbocycles. The van der Waals surface area contributed by atoms with Crippen LogP contribution in [0.25, 0.3) is 10.9 Å². The molecule has 3 nitrogen and oxygen atoms in total. The van der Waals surface area contributed by atoms with Crippen molar-refractivity contribution in [1.29, 1.82) is 0 Å². The first-order valence-electron chi connectivity index (χ1n) is 6.67. The van der Waals surface area contributed by atoms with Gasteiger partial charge in [0.15, 0.2) is 5.78 Å². The maximum absolute atomic E-state index is 11.7. The summed E-state index contributed by atoms with van der Waals surface area (Å²) < 4.78 is 0.980. The number of aromatic nitrogens is 1. The van der Waals surface area contributed by atoms with Crippen LogP contribution >= 0.6 is 15.9 Å². The Morgan fingerprint density at radius 1 is 1.26 bits per heavy atom. The highest BCUT2D eigenvalue weighted by molar-refractivity contribution is 9.10. The van der Waals surface area contributed by atoms with Crippen molar-refractivity contribution in [2.24, 2.45) is 0 Å². The minimum Gasteiger partial charge on any atom is -0.360 e. The Labute approximate surface area is 123 Å². The number of hydrogen-bond donors (Lipinski definition) is 2. The van der Waals surface area contributed by atoms with Crippen molar-refractivity contribution in [3.05, 3.63) is 34.4 Å². The van der Waals surface area contributed by atoms with Crippen molar-refractivity contribution in [1.82, 2.24) is 10.3 Å². The summed E-state index contributed by atoms with van der Waals surface area (Å²) in [6.07, 6.45) is 1.76. The molecule has 2 aromatic rings. The summed E-state index contributed by atoms with van der Waals surface area (Å²) in [7, 11) is 1.77. The second kappa shape index (κ2) is 9.75. The van der Waals surface area contributed by atoms with Crippen molar-refractivity contribution < 1.29 is 4.79 Å². The number of carbonyl (C=O) groups excluding carboxylic acids is 1. The van der Waals surface area contributed by atoms with Gasteiger partial charge in [-0.15, -0.1) is 0 Å². The molecule has 0 spiro atoms. The molecular formula is C15H23BrN2O. The molecule has 1 heterocycles. The Balaban J connectivity index is 0.000000741. The van der Waals surface area contributed by atoms with Gasteiger partial charge >= 0.3 is 0 Å². The first-order valence-corrected chi connectivity index (χ1v) is 7.46. The number of ketones is 1. The first kappa shape index (κ1) is 17.9. The van der Waals surface area contributed by atoms with E-state index in [1.165, 1.54) is 0 Å². The minimum atomic E-state index is 0.0989. The molecule has 4 heteroatoms. The van der Waals surface area contributed by atoms with Gasteiger partial charge in [-0.05, 0) is 25.2 Å². The summed E-state index contributed by atoms with van der Waals surface area (Å²) in [5, 5.41) is 3.82. The topological polar surface area (TPSA) is 44.9 Å². The van der Waals surface area contributed by atoms with Gasteiger partial charge in [-0.25, -0.2) is 0 Å². The van der Waals surface area contributed by atoms with E-state index in [2.05, 4.69) is 26.2 Å². The molecule has 0 saturated heterocycles. The number of likely N-dealkylation sites (N-methyl/N-ethyl adjacent to an activating group) is 1. The number of benzene rings is 1. The lowest BCUT2D eigenvalue weighted by molar-refractivity contribution is 0.0995. The zero-order valence-corrected chi connectivity index (χ0v) is 13.9. The molecule has 19 heavy (non-hydrogen) atoms. The van der Waals surface area contributed by atoms with Crippen molar-refractivity contribution in [3.63, 3.8) is 0 Å². The normalized spacial score (nSPS) is 9.16. The van der Waals surface area contributed by atoms with Gasteiger partial charge in [0.1, 0.15) is 0 Å². The predicted octanol–water partition coefficient (Wildman–Crippen LogP) is 4.38. The summed E-state index contributed by atoms with van der Waals surface area (Å²) >= 11 is 3.40. The van der Waals surface area contributed by atoms with E-state index in [0.29, 0.717) is 6.54 Å². The number of Topliss-reactive ketones (excluding diaryl/α,β-unsaturated/α-hetero) is 1. The molecule has 2 rings (SSSR count). The monoisotopic (exact) mass is 326 g/mol. The van der Waals surface area contributed by atoms with E-state index in [-0.39, 0.29) is 5.78 Å². The number of fused-ring (bicyclic) bond motifs is 1. The maximum atomic E-state index is 11.7. The van der Waals surface area contributed by atoms with Crippen LogP contribution in [0.4, 0.5) is 0 Å². The third kappa shape index (κ3) is 4.80. The predicted molar refractivity (Wildman–Crippen MR) is 87.0 cm³/mol. The Bertz CT molecular complexity index is 506. The SMILES string of the molecule is CC.CC.CNCC(=O)c1c[nH]c2ccc(Br)cc12. The third-order valence-corrected chi connectivity index (χ3v) is 2.77. The average Bonchev–Trinajstić information content (AvgIpc) is 2.86. The van der Waals surface area contributed by atoms with E-state index < -0.39 is 0 Å². The summed E-state index contributed by atoms with van der Waals surface area (Å²) in [5.74, 6) is 0.0989. The average molecular weight is 327 g/mol. The van der Waals surface area contributed by atoms with E-state index >= 15 is 0 Å². The van der Waals surface area contributed by atoms with Gasteiger partial charge in [0.2, 0.25) is 0 Å². The fourth-order valence-electron chi connectivity index (χ4n) is 1.58. The molecule has 1 aromatic carbocycles. The number of aromatic amines is 1. The summed E-state index contributed by atoms with van der Waals surface area (Å²) in [4.78, 5) is 14.8. The van der Waals surface area contributed by atoms with Gasteiger partial charge in [0.25, 0.3) is 0 Å². The van der Waals surface area contributed by atoms with Gasteiger partial charge < -0.3 is 10.3 Å². The summed E-state index contributed by atoms with van der Waals surface area (Å²) in [6.45, 7) is 8.36. The van der Waals surface area contributed by atoms with Crippen LogP contribution < -0.4 is 5.32 Å². The van der Waals surface area contributed by atoms with E-state index in [0.717, 1.165) is 20.9 Å². The molecule has 0 amide bonds. The number of carbonyl (C=O) groups is 1. The van der Waals surface area contributed by atoms with Crippen LogP contribution in [0.2, 0.25) is 0 Å². The summed E-state index contributed by atoms with van der Waals surface area (Å²) in [6, 6.07) is 5.86. The maximum Gasteiger partial charge on any atom is 0.178 e. The van der Waals surface area contributed by atoms with Crippen LogP contribution in [-0.2, 0) is 0 Å². The zero-order valence-electron chi connectivity index (χ0n) is 12.3. The first-order chi connectivity index (χ1) is 9.22. The highest BCUT2D eigenvalue weighted by atomic mass is 79.9. The standard InChI is InChI=1S/C11H11BrN2O.2C2H6/c1-13-6-11(15)9-5-14-10-3-2-7(12)4-8(9)10;2*1-2/h2-5,13-14H,6H2,1H3;2*1-2H3. The van der Waals surface area contributed by atoms with Gasteiger partial charge in [-0.1, -0.05) is 43.6 Å². The van der Waals surface area contributed by atoms with Gasteiger partial charge in [0, 0.05) is 27.1 Å². The number of halogens is 1. The minimum absolute atomic E-state index is 0.0989. The molecule has 0 bridgehead atoms. The summed E-state index contributed by atoms with van der Waals surface area (Å²) in [5.41, 5.74) is 1.72. The van der Waals surface area contributed by atoms with Crippen LogP contribution in [0.5, 0.6) is 0 Å². The van der Waals surface area contributed by atoms with Crippen molar-refractivity contribution in [3.8, 4) is 0 Å². The van der Waals surface area contributed by atoms with Gasteiger partial charge in [-0.3, -0.25) is 4.79 Å². The Hall–Kier alpha value is -1.13. The van der Waals surface area contributed by atoms with E-state index in [9.17, 15) is 4.79 Å². The Morgan fingerprint density at radius 2 is 1.89 bits per heavy atom. The lowest BCUT2D eigenvalue weighted by Gasteiger charge is -1.98. The second-order valence-electron chi connectivity index (χ2n) is 3.35. The van der Waals surface area contributed by atoms with Crippen molar-refractivity contribution in [2.45, 2.75) is 27.7 Å². The van der Waals surface area contributed by atoms with Crippen LogP contribution in [0.3, 0.4) is 0 Å². The molecule has 0 atom stereocenters. The second-order valence-corrected chi connectivity index (χ2v) is 4.26. The van der Waals surface area contributed by atoms with Crippen molar-refractivity contribution in [2.75, 3.05) is 13.6 Å². The lowest BCUT2D eigenvalue weighted by atomic mass is 10.1. The molecular weight excluding hydrogens is 304 g/mol. The Morgan fingerprint density at radius 3 is 2.47 bits per heavy atom. The quantitative estimate of drug-likeness (QED) is 0.822. The highest BCUT2D eigenvalue weighted by Gasteiger charge is 2.10. The lowest BCUT2D eigenvalue weighted by Crippen LogP contribution is -2.18. The largest absolute Gasteiger partial charge is 0.360 e. The van der Waals surface area contributed by atoms with Crippen molar-refractivity contribution >= 4 is 32.6 Å². The number of H-pyrrole nitrogens is 1. The molecule has 1 aromatic heterocycles. The van der Waals surface area contributed by atoms with E-state index in [1.54, 1.807) is 13.2 Å². The molecule has 0 radical (unpaired) electrons. The van der Waals surface area contributed by atoms with Crippen LogP contribution in [-0.4, -0.2) is 24.4 Å². The molecule has 0 aliphatic heterocycles. The molecule has 0 saturated carbocycles. The zero-order chi connectivity index (χ0) is 14.8. The van der Waals surface area contributed by atoms with Gasteiger partial charge in [0.05, 0.1) is 6.54 Å². The number of rotatable bonds is 3. The van der Waals surface area contributed by atoms with Gasteiger partial charge in [-0.2, -0.15) is 0 Å². The molecule has 0 fully saturated rings. The number of hydrogen-bond acceptors (Lipinski definition) is 2. The van der Waals surface area contributed by atoms with Crippen LogP contribution in [0.15, 0.2) is 28.9 Å². The van der Waals surface area contributed by atoms with Crippen LogP contribution in [0, 0.1) is 0 Å². The van der Waals surface area contributed by atoms with E-state index in [4.69, 9.17) is 0 Å². The Kier molecular flexibility index (Phi) is 9.17. The van der Waals surface area contributed by atoms with E-state index in [1.807, 2.05) is 45.9 Å². The third-order valence-electron chi connectivity index (χ3n) is 2.28. The fourth-order valence-corrected chi connectivity index (χ4v) is 1.94. The smallest absolute Gasteiger partial charge is 0.178 e.